The van der Waals surface area contributed by atoms with Crippen LogP contribution in [0.5, 0.6) is 0 Å². The summed E-state index contributed by atoms with van der Waals surface area (Å²) in [6.45, 7) is 2.46. The molecule has 0 spiro atoms. The van der Waals surface area contributed by atoms with E-state index in [0.717, 1.165) is 12.8 Å². The number of sulfonamides is 1. The average Bonchev–Trinajstić information content (AvgIpc) is 2.98. The van der Waals surface area contributed by atoms with Gasteiger partial charge in [0, 0.05) is 6.54 Å². The van der Waals surface area contributed by atoms with Crippen molar-refractivity contribution in [2.75, 3.05) is 12.3 Å². The summed E-state index contributed by atoms with van der Waals surface area (Å²) >= 11 is 0. The van der Waals surface area contributed by atoms with Gasteiger partial charge in [0.1, 0.15) is 18.2 Å². The van der Waals surface area contributed by atoms with Crippen LogP contribution in [0.2, 0.25) is 0 Å². The second kappa shape index (κ2) is 6.99. The van der Waals surface area contributed by atoms with Crippen LogP contribution in [0.3, 0.4) is 0 Å². The number of H-pyrrole nitrogens is 1. The summed E-state index contributed by atoms with van der Waals surface area (Å²) in [5.74, 6) is 0.353. The molecule has 1 aromatic heterocycles. The number of rotatable bonds is 6. The first-order valence-corrected chi connectivity index (χ1v) is 8.77. The van der Waals surface area contributed by atoms with Crippen LogP contribution in [0.15, 0.2) is 6.33 Å². The third-order valence-corrected chi connectivity index (χ3v) is 5.55. The summed E-state index contributed by atoms with van der Waals surface area (Å²) in [4.78, 5) is 16.2. The van der Waals surface area contributed by atoms with Gasteiger partial charge in [0.05, 0.1) is 12.3 Å². The largest absolute Gasteiger partial charge is 0.347 e. The molecule has 2 N–H and O–H groups in total. The van der Waals surface area contributed by atoms with Crippen LogP contribution in [0.25, 0.3) is 0 Å². The van der Waals surface area contributed by atoms with E-state index in [-0.39, 0.29) is 18.2 Å². The van der Waals surface area contributed by atoms with Crippen LogP contribution >= 0.6 is 0 Å². The molecule has 1 unspecified atom stereocenters. The van der Waals surface area contributed by atoms with Crippen molar-refractivity contribution in [3.63, 3.8) is 0 Å². The lowest BCUT2D eigenvalue weighted by molar-refractivity contribution is -0.125. The van der Waals surface area contributed by atoms with E-state index in [9.17, 15) is 13.2 Å². The number of nitrogens with zero attached hydrogens (tertiary/aromatic N) is 3. The molecule has 1 amide bonds. The third-order valence-electron chi connectivity index (χ3n) is 3.47. The molecule has 1 aromatic rings. The highest BCUT2D eigenvalue weighted by Crippen LogP contribution is 2.21. The topological polar surface area (TPSA) is 108 Å². The number of hydrogen-bond donors (Lipinski definition) is 2. The molecule has 1 aliphatic heterocycles. The molecule has 8 nitrogen and oxygen atoms in total. The average molecular weight is 315 g/mol. The van der Waals surface area contributed by atoms with E-state index in [2.05, 4.69) is 20.5 Å². The Morgan fingerprint density at radius 2 is 2.33 bits per heavy atom. The van der Waals surface area contributed by atoms with Crippen molar-refractivity contribution in [2.24, 2.45) is 0 Å². The van der Waals surface area contributed by atoms with Gasteiger partial charge < -0.3 is 5.32 Å². The first-order chi connectivity index (χ1) is 10.0. The monoisotopic (exact) mass is 315 g/mol. The molecule has 21 heavy (non-hydrogen) atoms. The molecule has 118 valence electrons. The molecular formula is C12H21N5O3S. The number of hydrogen-bond acceptors (Lipinski definition) is 5. The molecule has 1 aliphatic rings. The van der Waals surface area contributed by atoms with Gasteiger partial charge in [-0.05, 0) is 19.3 Å². The van der Waals surface area contributed by atoms with Gasteiger partial charge in [0.2, 0.25) is 15.9 Å². The lowest BCUT2D eigenvalue weighted by atomic mass is 10.0. The predicted octanol–water partition coefficient (Wildman–Crippen LogP) is 0.0152. The van der Waals surface area contributed by atoms with Crippen LogP contribution in [0.1, 0.15) is 38.4 Å². The van der Waals surface area contributed by atoms with Gasteiger partial charge in [-0.3, -0.25) is 9.89 Å². The first-order valence-electron chi connectivity index (χ1n) is 7.16. The molecule has 0 aromatic carbocycles. The summed E-state index contributed by atoms with van der Waals surface area (Å²) in [7, 11) is -3.36. The molecule has 0 saturated carbocycles. The molecule has 9 heteroatoms. The van der Waals surface area contributed by atoms with Gasteiger partial charge in [0.15, 0.2) is 0 Å². The normalized spacial score (nSPS) is 20.3. The number of amides is 1. The van der Waals surface area contributed by atoms with E-state index in [0.29, 0.717) is 25.2 Å². The Bertz CT molecular complexity index is 557. The molecule has 0 aliphatic carbocycles. The summed E-state index contributed by atoms with van der Waals surface area (Å²) < 4.78 is 25.9. The minimum atomic E-state index is -3.36. The highest BCUT2D eigenvalue weighted by atomic mass is 32.2. The highest BCUT2D eigenvalue weighted by molar-refractivity contribution is 7.89. The number of nitrogens with one attached hydrogen (secondary N) is 2. The SMILES string of the molecule is CCCS(=O)(=O)N1CCCCC1C(=O)NCc1ncn[nH]1. The quantitative estimate of drug-likeness (QED) is 0.769. The molecule has 0 radical (unpaired) electrons. The fraction of sp³-hybridized carbons (Fsp3) is 0.750. The van der Waals surface area contributed by atoms with Gasteiger partial charge in [0.25, 0.3) is 0 Å². The molecule has 0 bridgehead atoms. The second-order valence-electron chi connectivity index (χ2n) is 5.09. The van der Waals surface area contributed by atoms with Crippen LogP contribution in [0, 0.1) is 0 Å². The molecule has 2 heterocycles. The smallest absolute Gasteiger partial charge is 0.238 e. The van der Waals surface area contributed by atoms with Gasteiger partial charge >= 0.3 is 0 Å². The standard InChI is InChI=1S/C12H21N5O3S/c1-2-7-21(19,20)17-6-4-3-5-10(17)12(18)13-8-11-14-9-15-16-11/h9-10H,2-8H2,1H3,(H,13,18)(H,14,15,16). The minimum Gasteiger partial charge on any atom is -0.347 e. The van der Waals surface area contributed by atoms with Crippen molar-refractivity contribution in [3.8, 4) is 0 Å². The van der Waals surface area contributed by atoms with Gasteiger partial charge in [-0.1, -0.05) is 13.3 Å². The summed E-state index contributed by atoms with van der Waals surface area (Å²) in [6.07, 6.45) is 4.13. The Balaban J connectivity index is 2.02. The number of aromatic nitrogens is 3. The van der Waals surface area contributed by atoms with E-state index >= 15 is 0 Å². The third kappa shape index (κ3) is 4.01. The molecule has 1 atom stereocenters. The van der Waals surface area contributed by atoms with Crippen molar-refractivity contribution >= 4 is 15.9 Å². The van der Waals surface area contributed by atoms with Crippen molar-refractivity contribution in [2.45, 2.75) is 45.2 Å². The Hall–Kier alpha value is -1.48. The first kappa shape index (κ1) is 15.9. The fourth-order valence-electron chi connectivity index (χ4n) is 2.48. The Kier molecular flexibility index (Phi) is 5.29. The van der Waals surface area contributed by atoms with Crippen LogP contribution in [0.4, 0.5) is 0 Å². The summed E-state index contributed by atoms with van der Waals surface area (Å²) in [5.41, 5.74) is 0. The number of aromatic amines is 1. The Morgan fingerprint density at radius 1 is 1.52 bits per heavy atom. The lowest BCUT2D eigenvalue weighted by Gasteiger charge is -2.33. The Labute approximate surface area is 124 Å². The zero-order valence-electron chi connectivity index (χ0n) is 12.1. The van der Waals surface area contributed by atoms with Crippen molar-refractivity contribution < 1.29 is 13.2 Å². The van der Waals surface area contributed by atoms with E-state index in [4.69, 9.17) is 0 Å². The zero-order chi connectivity index (χ0) is 15.3. The lowest BCUT2D eigenvalue weighted by Crippen LogP contribution is -2.52. The number of piperidine rings is 1. The van der Waals surface area contributed by atoms with E-state index in [1.54, 1.807) is 0 Å². The van der Waals surface area contributed by atoms with Gasteiger partial charge in [-0.25, -0.2) is 13.4 Å². The van der Waals surface area contributed by atoms with Crippen molar-refractivity contribution in [1.82, 2.24) is 24.8 Å². The maximum absolute atomic E-state index is 12.3. The number of carbonyl (C=O) groups excluding carboxylic acids is 1. The molecule has 2 rings (SSSR count). The maximum Gasteiger partial charge on any atom is 0.238 e. The Morgan fingerprint density at radius 3 is 3.00 bits per heavy atom. The minimum absolute atomic E-state index is 0.0822. The van der Waals surface area contributed by atoms with Crippen LogP contribution in [-0.2, 0) is 21.4 Å². The number of carbonyl (C=O) groups is 1. The van der Waals surface area contributed by atoms with Crippen molar-refractivity contribution in [1.29, 1.82) is 0 Å². The van der Waals surface area contributed by atoms with Gasteiger partial charge in [-0.2, -0.15) is 9.40 Å². The highest BCUT2D eigenvalue weighted by Gasteiger charge is 2.35. The molecular weight excluding hydrogens is 294 g/mol. The second-order valence-corrected chi connectivity index (χ2v) is 7.13. The van der Waals surface area contributed by atoms with Crippen LogP contribution < -0.4 is 5.32 Å². The summed E-state index contributed by atoms with van der Waals surface area (Å²) in [5, 5.41) is 9.07. The molecule has 1 fully saturated rings. The van der Waals surface area contributed by atoms with Crippen LogP contribution in [-0.4, -0.2) is 52.2 Å². The van der Waals surface area contributed by atoms with E-state index in [1.807, 2.05) is 6.92 Å². The predicted molar refractivity (Wildman–Crippen MR) is 76.7 cm³/mol. The zero-order valence-corrected chi connectivity index (χ0v) is 12.9. The summed E-state index contributed by atoms with van der Waals surface area (Å²) in [6, 6.07) is -0.613. The fourth-order valence-corrected chi connectivity index (χ4v) is 4.23. The van der Waals surface area contributed by atoms with Crippen molar-refractivity contribution in [3.05, 3.63) is 12.2 Å². The van der Waals surface area contributed by atoms with E-state index in [1.165, 1.54) is 10.6 Å². The van der Waals surface area contributed by atoms with Gasteiger partial charge in [-0.15, -0.1) is 0 Å². The van der Waals surface area contributed by atoms with E-state index < -0.39 is 16.1 Å². The maximum atomic E-state index is 12.3. The molecule has 1 saturated heterocycles.